The van der Waals surface area contributed by atoms with Gasteiger partial charge in [0.15, 0.2) is 0 Å². The van der Waals surface area contributed by atoms with Crippen molar-refractivity contribution in [3.8, 4) is 11.6 Å². The van der Waals surface area contributed by atoms with Crippen molar-refractivity contribution >= 4 is 35.0 Å². The second-order valence-electron chi connectivity index (χ2n) is 3.07. The zero-order valence-electron chi connectivity index (χ0n) is 8.85. The molecule has 0 fully saturated rings. The number of thioether (sulfide) groups is 1. The first-order chi connectivity index (χ1) is 8.19. The van der Waals surface area contributed by atoms with Gasteiger partial charge in [-0.1, -0.05) is 11.6 Å². The highest BCUT2D eigenvalue weighted by atomic mass is 35.5. The van der Waals surface area contributed by atoms with Crippen LogP contribution < -0.4 is 4.74 Å². The standard InChI is InChI=1S/C11H8Cl2N2OS/c1-17-8-4-2-7(3-5-8)16-10-9(12)6-14-11(13)15-10/h2-6H,1H3. The van der Waals surface area contributed by atoms with Gasteiger partial charge in [0.25, 0.3) is 0 Å². The lowest BCUT2D eigenvalue weighted by Crippen LogP contribution is -1.91. The molecule has 0 radical (unpaired) electrons. The first-order valence-electron chi connectivity index (χ1n) is 4.69. The van der Waals surface area contributed by atoms with Gasteiger partial charge in [-0.25, -0.2) is 4.98 Å². The van der Waals surface area contributed by atoms with E-state index in [1.54, 1.807) is 11.8 Å². The molecule has 0 bridgehead atoms. The summed E-state index contributed by atoms with van der Waals surface area (Å²) < 4.78 is 5.51. The Balaban J connectivity index is 2.22. The topological polar surface area (TPSA) is 35.0 Å². The summed E-state index contributed by atoms with van der Waals surface area (Å²) in [6.07, 6.45) is 3.42. The molecule has 1 aromatic carbocycles. The quantitative estimate of drug-likeness (QED) is 0.623. The summed E-state index contributed by atoms with van der Waals surface area (Å²) in [4.78, 5) is 8.81. The van der Waals surface area contributed by atoms with Gasteiger partial charge in [-0.2, -0.15) is 4.98 Å². The Morgan fingerprint density at radius 2 is 1.88 bits per heavy atom. The molecule has 6 heteroatoms. The van der Waals surface area contributed by atoms with E-state index in [9.17, 15) is 0 Å². The van der Waals surface area contributed by atoms with Gasteiger partial charge in [0.2, 0.25) is 11.2 Å². The van der Waals surface area contributed by atoms with Crippen LogP contribution in [0.4, 0.5) is 0 Å². The highest BCUT2D eigenvalue weighted by Crippen LogP contribution is 2.28. The summed E-state index contributed by atoms with van der Waals surface area (Å²) in [5, 5.41) is 0.425. The molecule has 0 amide bonds. The molecule has 1 heterocycles. The van der Waals surface area contributed by atoms with Crippen molar-refractivity contribution in [3.63, 3.8) is 0 Å². The van der Waals surface area contributed by atoms with Gasteiger partial charge in [0, 0.05) is 4.90 Å². The van der Waals surface area contributed by atoms with E-state index in [2.05, 4.69) is 9.97 Å². The molecule has 0 aliphatic rings. The predicted octanol–water partition coefficient (Wildman–Crippen LogP) is 4.30. The number of rotatable bonds is 3. The fourth-order valence-corrected chi connectivity index (χ4v) is 1.82. The Kier molecular flexibility index (Phi) is 4.10. The highest BCUT2D eigenvalue weighted by Gasteiger charge is 2.06. The van der Waals surface area contributed by atoms with Crippen LogP contribution in [-0.2, 0) is 0 Å². The minimum atomic E-state index is 0.102. The lowest BCUT2D eigenvalue weighted by molar-refractivity contribution is 0.461. The van der Waals surface area contributed by atoms with Gasteiger partial charge in [-0.15, -0.1) is 11.8 Å². The summed E-state index contributed by atoms with van der Waals surface area (Å²) in [6, 6.07) is 7.60. The van der Waals surface area contributed by atoms with E-state index >= 15 is 0 Å². The third-order valence-electron chi connectivity index (χ3n) is 1.96. The number of aromatic nitrogens is 2. The van der Waals surface area contributed by atoms with Crippen LogP contribution in [0.3, 0.4) is 0 Å². The molecule has 88 valence electrons. The highest BCUT2D eigenvalue weighted by molar-refractivity contribution is 7.98. The van der Waals surface area contributed by atoms with E-state index in [1.807, 2.05) is 30.5 Å². The SMILES string of the molecule is CSc1ccc(Oc2nc(Cl)ncc2Cl)cc1. The summed E-state index contributed by atoms with van der Waals surface area (Å²) in [6.45, 7) is 0. The zero-order chi connectivity index (χ0) is 12.3. The Labute approximate surface area is 113 Å². The van der Waals surface area contributed by atoms with Crippen molar-refractivity contribution in [2.24, 2.45) is 0 Å². The van der Waals surface area contributed by atoms with Gasteiger partial charge >= 0.3 is 0 Å². The lowest BCUT2D eigenvalue weighted by atomic mass is 10.3. The maximum atomic E-state index is 5.89. The molecule has 3 nitrogen and oxygen atoms in total. The number of hydrogen-bond acceptors (Lipinski definition) is 4. The van der Waals surface area contributed by atoms with Crippen molar-refractivity contribution in [1.82, 2.24) is 9.97 Å². The second-order valence-corrected chi connectivity index (χ2v) is 4.69. The van der Waals surface area contributed by atoms with Crippen LogP contribution >= 0.6 is 35.0 Å². The van der Waals surface area contributed by atoms with Crippen LogP contribution in [0.15, 0.2) is 35.4 Å². The molecule has 0 N–H and O–H groups in total. The van der Waals surface area contributed by atoms with Crippen LogP contribution in [0.5, 0.6) is 11.6 Å². The third-order valence-corrected chi connectivity index (χ3v) is 3.14. The van der Waals surface area contributed by atoms with E-state index in [0.29, 0.717) is 10.8 Å². The molecule has 17 heavy (non-hydrogen) atoms. The van der Waals surface area contributed by atoms with Gasteiger partial charge in [0.1, 0.15) is 10.8 Å². The molecule has 0 aliphatic heterocycles. The molecular formula is C11H8Cl2N2OS. The summed E-state index contributed by atoms with van der Waals surface area (Å²) in [5.74, 6) is 0.906. The van der Waals surface area contributed by atoms with Gasteiger partial charge in [-0.3, -0.25) is 0 Å². The molecular weight excluding hydrogens is 279 g/mol. The largest absolute Gasteiger partial charge is 0.437 e. The Hall–Kier alpha value is -0.970. The number of benzene rings is 1. The maximum Gasteiger partial charge on any atom is 0.242 e. The van der Waals surface area contributed by atoms with Crippen LogP contribution in [0, 0.1) is 0 Å². The van der Waals surface area contributed by atoms with Crippen molar-refractivity contribution in [2.75, 3.05) is 6.26 Å². The van der Waals surface area contributed by atoms with Gasteiger partial charge in [-0.05, 0) is 42.1 Å². The van der Waals surface area contributed by atoms with Gasteiger partial charge in [0.05, 0.1) is 6.20 Å². The number of hydrogen-bond donors (Lipinski definition) is 0. The Bertz CT molecular complexity index is 519. The summed E-state index contributed by atoms with van der Waals surface area (Å²) >= 11 is 13.2. The Morgan fingerprint density at radius 1 is 1.18 bits per heavy atom. The fraction of sp³-hybridized carbons (Fsp3) is 0.0909. The van der Waals surface area contributed by atoms with E-state index < -0.39 is 0 Å². The lowest BCUT2D eigenvalue weighted by Gasteiger charge is -2.06. The average Bonchev–Trinajstić information content (AvgIpc) is 2.35. The molecule has 2 aromatic rings. The third kappa shape index (κ3) is 3.25. The minimum absolute atomic E-state index is 0.102. The molecule has 0 spiro atoms. The van der Waals surface area contributed by atoms with E-state index in [-0.39, 0.29) is 11.2 Å². The predicted molar refractivity (Wildman–Crippen MR) is 70.3 cm³/mol. The fourth-order valence-electron chi connectivity index (χ4n) is 1.16. The zero-order valence-corrected chi connectivity index (χ0v) is 11.2. The normalized spacial score (nSPS) is 10.3. The van der Waals surface area contributed by atoms with Crippen LogP contribution in [-0.4, -0.2) is 16.2 Å². The monoisotopic (exact) mass is 286 g/mol. The second kappa shape index (κ2) is 5.58. The molecule has 2 rings (SSSR count). The maximum absolute atomic E-state index is 5.89. The van der Waals surface area contributed by atoms with Crippen LogP contribution in [0.2, 0.25) is 10.3 Å². The average molecular weight is 287 g/mol. The summed E-state index contributed by atoms with van der Waals surface area (Å²) in [5.41, 5.74) is 0. The van der Waals surface area contributed by atoms with Crippen molar-refractivity contribution < 1.29 is 4.74 Å². The van der Waals surface area contributed by atoms with Gasteiger partial charge < -0.3 is 4.74 Å². The smallest absolute Gasteiger partial charge is 0.242 e. The molecule has 0 saturated carbocycles. The first-order valence-corrected chi connectivity index (χ1v) is 6.67. The Morgan fingerprint density at radius 3 is 2.53 bits per heavy atom. The molecule has 0 unspecified atom stereocenters. The molecule has 1 aromatic heterocycles. The number of nitrogens with zero attached hydrogens (tertiary/aromatic N) is 2. The summed E-state index contributed by atoms with van der Waals surface area (Å²) in [7, 11) is 0. The van der Waals surface area contributed by atoms with Crippen molar-refractivity contribution in [2.45, 2.75) is 4.90 Å². The minimum Gasteiger partial charge on any atom is -0.437 e. The molecule has 0 atom stereocenters. The van der Waals surface area contributed by atoms with Crippen LogP contribution in [0.1, 0.15) is 0 Å². The van der Waals surface area contributed by atoms with E-state index in [4.69, 9.17) is 27.9 Å². The van der Waals surface area contributed by atoms with E-state index in [0.717, 1.165) is 4.90 Å². The number of halogens is 2. The molecule has 0 aliphatic carbocycles. The first kappa shape index (κ1) is 12.5. The molecule has 0 saturated heterocycles. The van der Waals surface area contributed by atoms with Crippen LogP contribution in [0.25, 0.3) is 0 Å². The number of ether oxygens (including phenoxy) is 1. The van der Waals surface area contributed by atoms with E-state index in [1.165, 1.54) is 6.20 Å². The van der Waals surface area contributed by atoms with Crippen molar-refractivity contribution in [1.29, 1.82) is 0 Å². The van der Waals surface area contributed by atoms with Crippen molar-refractivity contribution in [3.05, 3.63) is 40.8 Å².